The second-order valence-electron chi connectivity index (χ2n) is 8.04. The Hall–Kier alpha value is -0.0800. The van der Waals surface area contributed by atoms with Crippen LogP contribution in [0.25, 0.3) is 0 Å². The molecule has 1 saturated carbocycles. The summed E-state index contributed by atoms with van der Waals surface area (Å²) in [6.07, 6.45) is 11.8. The van der Waals surface area contributed by atoms with E-state index in [4.69, 9.17) is 4.74 Å². The number of unbranched alkanes of at least 4 members (excludes halogenated alkanes) is 1. The molecule has 0 aromatic heterocycles. The molecule has 5 nitrogen and oxygen atoms in total. The van der Waals surface area contributed by atoms with Crippen LogP contribution in [0.2, 0.25) is 0 Å². The maximum atomic E-state index is 5.28. The van der Waals surface area contributed by atoms with Crippen molar-refractivity contribution in [2.45, 2.75) is 70.8 Å². The maximum Gasteiger partial charge on any atom is 0.190 e. The number of halogens is 1. The first-order valence-electron chi connectivity index (χ1n) is 10.4. The van der Waals surface area contributed by atoms with Crippen LogP contribution in [0.4, 0.5) is 0 Å². The second-order valence-corrected chi connectivity index (χ2v) is 8.04. The van der Waals surface area contributed by atoms with Gasteiger partial charge in [0.15, 0.2) is 5.96 Å². The zero-order chi connectivity index (χ0) is 18.0. The minimum Gasteiger partial charge on any atom is -0.385 e. The standard InChI is InChI=1S/C20H40N4O.HI/c1-18-9-4-6-14-24(18)15-7-5-13-22-19(21-2)23-17-20(10-8-11-20)12-16-25-3;/h18H,4-17H2,1-3H3,(H2,21,22,23);1H. The highest BCUT2D eigenvalue weighted by Crippen LogP contribution is 2.43. The number of nitrogens with zero attached hydrogens (tertiary/aromatic N) is 2. The van der Waals surface area contributed by atoms with Gasteiger partial charge in [0, 0.05) is 39.9 Å². The quantitative estimate of drug-likeness (QED) is 0.217. The number of hydrogen-bond acceptors (Lipinski definition) is 3. The van der Waals surface area contributed by atoms with Crippen molar-refractivity contribution in [3.8, 4) is 0 Å². The molecule has 1 unspecified atom stereocenters. The SMILES string of the molecule is CN=C(NCCCCN1CCCCC1C)NCC1(CCOC)CCC1.I. The molecular formula is C20H41IN4O. The summed E-state index contributed by atoms with van der Waals surface area (Å²) in [5.74, 6) is 0.954. The normalized spacial score (nSPS) is 23.0. The number of hydrogen-bond donors (Lipinski definition) is 2. The summed E-state index contributed by atoms with van der Waals surface area (Å²) in [4.78, 5) is 7.04. The van der Waals surface area contributed by atoms with Gasteiger partial charge in [0.1, 0.15) is 0 Å². The van der Waals surface area contributed by atoms with Gasteiger partial charge in [-0.1, -0.05) is 12.8 Å². The van der Waals surface area contributed by atoms with Crippen LogP contribution < -0.4 is 10.6 Å². The maximum absolute atomic E-state index is 5.28. The van der Waals surface area contributed by atoms with E-state index in [-0.39, 0.29) is 24.0 Å². The average molecular weight is 480 g/mol. The van der Waals surface area contributed by atoms with E-state index in [1.54, 1.807) is 7.11 Å². The Bertz CT molecular complexity index is 401. The van der Waals surface area contributed by atoms with Gasteiger partial charge in [-0.25, -0.2) is 0 Å². The van der Waals surface area contributed by atoms with Gasteiger partial charge in [-0.3, -0.25) is 4.99 Å². The zero-order valence-electron chi connectivity index (χ0n) is 17.2. The predicted octanol–water partition coefficient (Wildman–Crippen LogP) is 3.63. The van der Waals surface area contributed by atoms with Crippen molar-refractivity contribution < 1.29 is 4.74 Å². The molecule has 2 fully saturated rings. The molecule has 1 saturated heterocycles. The summed E-state index contributed by atoms with van der Waals surface area (Å²) >= 11 is 0. The van der Waals surface area contributed by atoms with E-state index >= 15 is 0 Å². The zero-order valence-corrected chi connectivity index (χ0v) is 19.5. The Balaban J connectivity index is 0.00000338. The van der Waals surface area contributed by atoms with Crippen LogP contribution in [0.5, 0.6) is 0 Å². The Labute approximate surface area is 178 Å². The molecule has 1 heterocycles. The molecule has 26 heavy (non-hydrogen) atoms. The van der Waals surface area contributed by atoms with Gasteiger partial charge in [-0.2, -0.15) is 0 Å². The Morgan fingerprint density at radius 3 is 2.62 bits per heavy atom. The van der Waals surface area contributed by atoms with Crippen molar-refractivity contribution in [3.05, 3.63) is 0 Å². The van der Waals surface area contributed by atoms with E-state index in [1.165, 1.54) is 64.5 Å². The molecule has 0 spiro atoms. The van der Waals surface area contributed by atoms with E-state index < -0.39 is 0 Å². The van der Waals surface area contributed by atoms with Gasteiger partial charge in [-0.15, -0.1) is 24.0 Å². The van der Waals surface area contributed by atoms with Crippen LogP contribution in [-0.2, 0) is 4.74 Å². The largest absolute Gasteiger partial charge is 0.385 e. The van der Waals surface area contributed by atoms with Crippen molar-refractivity contribution >= 4 is 29.9 Å². The lowest BCUT2D eigenvalue weighted by molar-refractivity contribution is 0.0732. The first-order valence-corrected chi connectivity index (χ1v) is 10.4. The summed E-state index contributed by atoms with van der Waals surface area (Å²) in [6, 6.07) is 0.780. The minimum absolute atomic E-state index is 0. The van der Waals surface area contributed by atoms with E-state index in [0.29, 0.717) is 5.41 Å². The highest BCUT2D eigenvalue weighted by molar-refractivity contribution is 14.0. The molecular weight excluding hydrogens is 439 g/mol. The van der Waals surface area contributed by atoms with Crippen molar-refractivity contribution in [2.75, 3.05) is 46.9 Å². The molecule has 0 aromatic rings. The second kappa shape index (κ2) is 13.2. The van der Waals surface area contributed by atoms with Crippen molar-refractivity contribution in [1.82, 2.24) is 15.5 Å². The Morgan fingerprint density at radius 2 is 2.00 bits per heavy atom. The Morgan fingerprint density at radius 1 is 1.19 bits per heavy atom. The minimum atomic E-state index is 0. The molecule has 1 aliphatic carbocycles. The number of rotatable bonds is 10. The molecule has 0 aromatic carbocycles. The summed E-state index contributed by atoms with van der Waals surface area (Å²) in [7, 11) is 3.66. The van der Waals surface area contributed by atoms with Gasteiger partial charge >= 0.3 is 0 Å². The van der Waals surface area contributed by atoms with Crippen LogP contribution in [-0.4, -0.2) is 63.8 Å². The summed E-state index contributed by atoms with van der Waals surface area (Å²) in [6.45, 7) is 7.80. The molecule has 154 valence electrons. The number of nitrogens with one attached hydrogen (secondary N) is 2. The van der Waals surface area contributed by atoms with Crippen LogP contribution in [0, 0.1) is 5.41 Å². The first kappa shape index (κ1) is 24.0. The van der Waals surface area contributed by atoms with Crippen molar-refractivity contribution in [1.29, 1.82) is 0 Å². The molecule has 0 amide bonds. The van der Waals surface area contributed by atoms with E-state index in [9.17, 15) is 0 Å². The number of guanidine groups is 1. The fourth-order valence-corrected chi connectivity index (χ4v) is 4.14. The molecule has 6 heteroatoms. The molecule has 2 aliphatic rings. The van der Waals surface area contributed by atoms with Gasteiger partial charge in [-0.05, 0) is 70.4 Å². The molecule has 2 N–H and O–H groups in total. The van der Waals surface area contributed by atoms with Crippen LogP contribution in [0.15, 0.2) is 4.99 Å². The number of aliphatic imine (C=N–C) groups is 1. The number of ether oxygens (including phenoxy) is 1. The fourth-order valence-electron chi connectivity index (χ4n) is 4.14. The smallest absolute Gasteiger partial charge is 0.190 e. The highest BCUT2D eigenvalue weighted by Gasteiger charge is 2.36. The third kappa shape index (κ3) is 7.89. The number of methoxy groups -OCH3 is 1. The predicted molar refractivity (Wildman–Crippen MR) is 122 cm³/mol. The summed E-state index contributed by atoms with van der Waals surface area (Å²) in [5, 5.41) is 7.03. The van der Waals surface area contributed by atoms with Gasteiger partial charge < -0.3 is 20.3 Å². The van der Waals surface area contributed by atoms with E-state index in [2.05, 4.69) is 27.4 Å². The van der Waals surface area contributed by atoms with Gasteiger partial charge in [0.05, 0.1) is 0 Å². The van der Waals surface area contributed by atoms with Gasteiger partial charge in [0.25, 0.3) is 0 Å². The van der Waals surface area contributed by atoms with Crippen LogP contribution in [0.3, 0.4) is 0 Å². The lowest BCUT2D eigenvalue weighted by Gasteiger charge is -2.42. The molecule has 2 rings (SSSR count). The lowest BCUT2D eigenvalue weighted by Crippen LogP contribution is -2.47. The number of piperidine rings is 1. The van der Waals surface area contributed by atoms with E-state index in [1.807, 2.05) is 7.05 Å². The first-order chi connectivity index (χ1) is 12.2. The number of likely N-dealkylation sites (tertiary alicyclic amines) is 1. The summed E-state index contributed by atoms with van der Waals surface area (Å²) in [5.41, 5.74) is 0.429. The van der Waals surface area contributed by atoms with Crippen LogP contribution in [0.1, 0.15) is 64.7 Å². The Kier molecular flexibility index (Phi) is 12.1. The lowest BCUT2D eigenvalue weighted by atomic mass is 9.67. The van der Waals surface area contributed by atoms with Crippen molar-refractivity contribution in [2.24, 2.45) is 10.4 Å². The molecule has 0 radical (unpaired) electrons. The fraction of sp³-hybridized carbons (Fsp3) is 0.950. The molecule has 1 aliphatic heterocycles. The molecule has 0 bridgehead atoms. The topological polar surface area (TPSA) is 48.9 Å². The summed E-state index contributed by atoms with van der Waals surface area (Å²) < 4.78 is 5.28. The average Bonchev–Trinajstić information content (AvgIpc) is 2.59. The molecule has 1 atom stereocenters. The highest BCUT2D eigenvalue weighted by atomic mass is 127. The van der Waals surface area contributed by atoms with E-state index in [0.717, 1.165) is 38.1 Å². The third-order valence-electron chi connectivity index (χ3n) is 6.21. The monoisotopic (exact) mass is 480 g/mol. The van der Waals surface area contributed by atoms with Crippen LogP contribution >= 0.6 is 24.0 Å². The van der Waals surface area contributed by atoms with Crippen molar-refractivity contribution in [3.63, 3.8) is 0 Å². The van der Waals surface area contributed by atoms with Gasteiger partial charge in [0.2, 0.25) is 0 Å². The third-order valence-corrected chi connectivity index (χ3v) is 6.21.